The van der Waals surface area contributed by atoms with Crippen molar-refractivity contribution in [3.8, 4) is 17.1 Å². The second-order valence-corrected chi connectivity index (χ2v) is 6.67. The molecule has 1 aliphatic rings. The molecule has 1 aromatic heterocycles. The molecule has 3 aromatic rings. The summed E-state index contributed by atoms with van der Waals surface area (Å²) in [5.74, 6) is 0.0224. The van der Waals surface area contributed by atoms with Gasteiger partial charge in [-0.25, -0.2) is 9.18 Å². The first-order chi connectivity index (χ1) is 13.9. The normalized spacial score (nSPS) is 18.8. The third-order valence-corrected chi connectivity index (χ3v) is 4.81. The number of ether oxygens (including phenoxy) is 1. The zero-order chi connectivity index (χ0) is 20.6. The Bertz CT molecular complexity index is 1080. The number of methoxy groups -OCH3 is 1. The number of carbonyl (C=O) groups is 2. The summed E-state index contributed by atoms with van der Waals surface area (Å²) in [5, 5.41) is 6.56. The Hall–Kier alpha value is -3.75. The Morgan fingerprint density at radius 2 is 1.90 bits per heavy atom. The zero-order valence-corrected chi connectivity index (χ0v) is 15.7. The minimum Gasteiger partial charge on any atom is -0.496 e. The number of amides is 3. The van der Waals surface area contributed by atoms with Crippen molar-refractivity contribution in [2.24, 2.45) is 0 Å². The molecule has 1 N–H and O–H groups in total. The summed E-state index contributed by atoms with van der Waals surface area (Å²) in [6.45, 7) is 1.37. The van der Waals surface area contributed by atoms with Gasteiger partial charge in [0.25, 0.3) is 5.91 Å². The maximum Gasteiger partial charge on any atom is 0.325 e. The van der Waals surface area contributed by atoms with Gasteiger partial charge in [0.1, 0.15) is 23.7 Å². The van der Waals surface area contributed by atoms with Gasteiger partial charge in [-0.1, -0.05) is 29.4 Å². The topological polar surface area (TPSA) is 97.6 Å². The van der Waals surface area contributed by atoms with Crippen LogP contribution in [0, 0.1) is 5.82 Å². The van der Waals surface area contributed by atoms with Crippen molar-refractivity contribution < 1.29 is 23.2 Å². The quantitative estimate of drug-likeness (QED) is 0.666. The van der Waals surface area contributed by atoms with Crippen LogP contribution in [0.4, 0.5) is 9.18 Å². The number of rotatable bonds is 5. The third kappa shape index (κ3) is 3.20. The Morgan fingerprint density at radius 1 is 1.17 bits per heavy atom. The Morgan fingerprint density at radius 3 is 2.62 bits per heavy atom. The number of hydrogen-bond donors (Lipinski definition) is 1. The van der Waals surface area contributed by atoms with Gasteiger partial charge in [0.05, 0.1) is 12.7 Å². The number of hydrogen-bond acceptors (Lipinski definition) is 6. The van der Waals surface area contributed by atoms with E-state index in [1.807, 2.05) is 6.07 Å². The summed E-state index contributed by atoms with van der Waals surface area (Å²) in [6.07, 6.45) is 0. The lowest BCUT2D eigenvalue weighted by atomic mass is 9.92. The molecule has 1 unspecified atom stereocenters. The molecule has 1 aliphatic heterocycles. The maximum atomic E-state index is 13.2. The molecule has 148 valence electrons. The molecule has 1 saturated heterocycles. The van der Waals surface area contributed by atoms with E-state index in [9.17, 15) is 14.0 Å². The minimum atomic E-state index is -1.31. The molecule has 0 radical (unpaired) electrons. The third-order valence-electron chi connectivity index (χ3n) is 4.81. The standard InChI is InChI=1S/C20H17FN4O4/c1-20(12-7-9-13(21)10-8-12)18(26)25(19(27)23-20)11-16-22-17(24-29-16)14-5-3-4-6-15(14)28-2/h3-10H,11H2,1-2H3,(H,23,27). The number of halogens is 1. The van der Waals surface area contributed by atoms with Gasteiger partial charge >= 0.3 is 6.03 Å². The highest BCUT2D eigenvalue weighted by Gasteiger charge is 2.49. The maximum absolute atomic E-state index is 13.2. The molecule has 0 saturated carbocycles. The van der Waals surface area contributed by atoms with Crippen LogP contribution in [0.2, 0.25) is 0 Å². The molecule has 2 heterocycles. The number of urea groups is 1. The molecule has 0 bridgehead atoms. The first kappa shape index (κ1) is 18.6. The fourth-order valence-corrected chi connectivity index (χ4v) is 3.21. The van der Waals surface area contributed by atoms with E-state index in [1.54, 1.807) is 25.1 Å². The van der Waals surface area contributed by atoms with Crippen LogP contribution >= 0.6 is 0 Å². The predicted molar refractivity (Wildman–Crippen MR) is 99.1 cm³/mol. The highest BCUT2D eigenvalue weighted by atomic mass is 19.1. The lowest BCUT2D eigenvalue weighted by Crippen LogP contribution is -2.40. The SMILES string of the molecule is COc1ccccc1-c1noc(CN2C(=O)NC(C)(c3ccc(F)cc3)C2=O)n1. The van der Waals surface area contributed by atoms with Crippen LogP contribution in [-0.4, -0.2) is 34.1 Å². The van der Waals surface area contributed by atoms with E-state index in [0.717, 1.165) is 4.90 Å². The van der Waals surface area contributed by atoms with Crippen molar-refractivity contribution in [1.29, 1.82) is 0 Å². The van der Waals surface area contributed by atoms with Crippen molar-refractivity contribution in [2.75, 3.05) is 7.11 Å². The van der Waals surface area contributed by atoms with Gasteiger partial charge in [0, 0.05) is 0 Å². The monoisotopic (exact) mass is 396 g/mol. The van der Waals surface area contributed by atoms with E-state index in [1.165, 1.54) is 31.4 Å². The van der Waals surface area contributed by atoms with E-state index in [-0.39, 0.29) is 18.3 Å². The van der Waals surface area contributed by atoms with Gasteiger partial charge < -0.3 is 14.6 Å². The van der Waals surface area contributed by atoms with Crippen LogP contribution in [0.15, 0.2) is 53.1 Å². The second-order valence-electron chi connectivity index (χ2n) is 6.67. The van der Waals surface area contributed by atoms with Crippen molar-refractivity contribution in [2.45, 2.75) is 19.0 Å². The van der Waals surface area contributed by atoms with Crippen LogP contribution in [0.3, 0.4) is 0 Å². The molecule has 29 heavy (non-hydrogen) atoms. The zero-order valence-electron chi connectivity index (χ0n) is 15.7. The van der Waals surface area contributed by atoms with Crippen LogP contribution in [0.1, 0.15) is 18.4 Å². The number of para-hydroxylation sites is 1. The number of imide groups is 1. The summed E-state index contributed by atoms with van der Waals surface area (Å²) < 4.78 is 23.7. The summed E-state index contributed by atoms with van der Waals surface area (Å²) in [6, 6.07) is 11.9. The van der Waals surface area contributed by atoms with Crippen molar-refractivity contribution in [3.05, 3.63) is 65.8 Å². The molecule has 0 spiro atoms. The lowest BCUT2D eigenvalue weighted by Gasteiger charge is -2.21. The molecular weight excluding hydrogens is 379 g/mol. The number of aromatic nitrogens is 2. The van der Waals surface area contributed by atoms with Crippen LogP contribution in [-0.2, 0) is 16.9 Å². The Labute approximate surface area is 165 Å². The number of benzene rings is 2. The number of carbonyl (C=O) groups excluding carboxylic acids is 2. The van der Waals surface area contributed by atoms with Crippen LogP contribution in [0.25, 0.3) is 11.4 Å². The van der Waals surface area contributed by atoms with E-state index in [0.29, 0.717) is 16.9 Å². The van der Waals surface area contributed by atoms with Crippen molar-refractivity contribution in [1.82, 2.24) is 20.4 Å². The van der Waals surface area contributed by atoms with E-state index >= 15 is 0 Å². The fourth-order valence-electron chi connectivity index (χ4n) is 3.21. The van der Waals surface area contributed by atoms with Gasteiger partial charge in [-0.2, -0.15) is 4.98 Å². The molecule has 2 aromatic carbocycles. The largest absolute Gasteiger partial charge is 0.496 e. The molecule has 0 aliphatic carbocycles. The van der Waals surface area contributed by atoms with Crippen molar-refractivity contribution in [3.63, 3.8) is 0 Å². The van der Waals surface area contributed by atoms with Gasteiger partial charge in [-0.3, -0.25) is 9.69 Å². The molecule has 4 rings (SSSR count). The average molecular weight is 396 g/mol. The summed E-state index contributed by atoms with van der Waals surface area (Å²) in [5.41, 5.74) is -0.214. The predicted octanol–water partition coefficient (Wildman–Crippen LogP) is 2.85. The van der Waals surface area contributed by atoms with Gasteiger partial charge in [0.2, 0.25) is 11.7 Å². The number of nitrogens with zero attached hydrogens (tertiary/aromatic N) is 3. The smallest absolute Gasteiger partial charge is 0.325 e. The Kier molecular flexibility index (Phi) is 4.50. The summed E-state index contributed by atoms with van der Waals surface area (Å²) >= 11 is 0. The van der Waals surface area contributed by atoms with E-state index < -0.39 is 23.3 Å². The first-order valence-electron chi connectivity index (χ1n) is 8.78. The van der Waals surface area contributed by atoms with E-state index in [2.05, 4.69) is 15.5 Å². The van der Waals surface area contributed by atoms with E-state index in [4.69, 9.17) is 9.26 Å². The average Bonchev–Trinajstić information content (AvgIpc) is 3.27. The van der Waals surface area contributed by atoms with Crippen molar-refractivity contribution >= 4 is 11.9 Å². The summed E-state index contributed by atoms with van der Waals surface area (Å²) in [7, 11) is 1.53. The molecule has 9 heteroatoms. The van der Waals surface area contributed by atoms with Gasteiger partial charge in [-0.05, 0) is 36.8 Å². The molecule has 8 nitrogen and oxygen atoms in total. The second kappa shape index (κ2) is 7.01. The fraction of sp³-hybridized carbons (Fsp3) is 0.200. The van der Waals surface area contributed by atoms with Gasteiger partial charge in [-0.15, -0.1) is 0 Å². The summed E-state index contributed by atoms with van der Waals surface area (Å²) in [4.78, 5) is 30.6. The lowest BCUT2D eigenvalue weighted by molar-refractivity contribution is -0.131. The van der Waals surface area contributed by atoms with Crippen LogP contribution < -0.4 is 10.1 Å². The number of nitrogens with one attached hydrogen (secondary N) is 1. The molecule has 3 amide bonds. The first-order valence-corrected chi connectivity index (χ1v) is 8.78. The highest BCUT2D eigenvalue weighted by molar-refractivity contribution is 6.07. The van der Waals surface area contributed by atoms with Crippen LogP contribution in [0.5, 0.6) is 5.75 Å². The molecular formula is C20H17FN4O4. The van der Waals surface area contributed by atoms with Gasteiger partial charge in [0.15, 0.2) is 0 Å². The minimum absolute atomic E-state index is 0.0952. The Balaban J connectivity index is 1.57. The molecule has 1 fully saturated rings. The molecule has 1 atom stereocenters. The highest BCUT2D eigenvalue weighted by Crippen LogP contribution is 2.31.